The molecule has 4 rings (SSSR count). The number of ether oxygens (including phenoxy) is 1. The molecule has 2 aromatic rings. The van der Waals surface area contributed by atoms with Crippen molar-refractivity contribution < 1.29 is 17.9 Å². The number of rotatable bonds is 5. The fraction of sp³-hybridized carbons (Fsp3) is 0.333. The van der Waals surface area contributed by atoms with Crippen LogP contribution >= 0.6 is 23.4 Å². The highest BCUT2D eigenvalue weighted by atomic mass is 35.5. The summed E-state index contributed by atoms with van der Waals surface area (Å²) in [6.07, 6.45) is 0.880. The highest BCUT2D eigenvalue weighted by Gasteiger charge is 2.50. The molecule has 0 spiro atoms. The number of amides is 1. The van der Waals surface area contributed by atoms with Crippen molar-refractivity contribution in [3.8, 4) is 5.75 Å². The molecule has 0 bridgehead atoms. The highest BCUT2D eigenvalue weighted by molar-refractivity contribution is 8.16. The highest BCUT2D eigenvalue weighted by Crippen LogP contribution is 2.44. The van der Waals surface area contributed by atoms with Crippen molar-refractivity contribution in [3.63, 3.8) is 0 Å². The number of benzene rings is 2. The van der Waals surface area contributed by atoms with E-state index in [4.69, 9.17) is 16.3 Å². The Morgan fingerprint density at radius 3 is 2.73 bits per heavy atom. The molecule has 0 aliphatic carbocycles. The van der Waals surface area contributed by atoms with E-state index in [1.54, 1.807) is 25.3 Å². The van der Waals surface area contributed by atoms with E-state index in [1.165, 1.54) is 11.8 Å². The van der Waals surface area contributed by atoms with Crippen molar-refractivity contribution in [2.24, 2.45) is 4.99 Å². The van der Waals surface area contributed by atoms with Gasteiger partial charge in [-0.1, -0.05) is 53.7 Å². The number of hydrogen-bond acceptors (Lipinski definition) is 5. The van der Waals surface area contributed by atoms with Gasteiger partial charge in [-0.3, -0.25) is 4.79 Å². The zero-order chi connectivity index (χ0) is 21.3. The summed E-state index contributed by atoms with van der Waals surface area (Å²) in [7, 11) is -1.61. The monoisotopic (exact) mass is 464 g/mol. The van der Waals surface area contributed by atoms with Gasteiger partial charge in [-0.2, -0.15) is 4.99 Å². The first-order chi connectivity index (χ1) is 14.4. The number of amidine groups is 1. The van der Waals surface area contributed by atoms with Crippen LogP contribution in [0.15, 0.2) is 53.5 Å². The molecule has 0 radical (unpaired) electrons. The molecule has 2 aliphatic heterocycles. The largest absolute Gasteiger partial charge is 0.495 e. The predicted octanol–water partition coefficient (Wildman–Crippen LogP) is 3.58. The molecule has 2 aromatic carbocycles. The third-order valence-electron chi connectivity index (χ3n) is 5.16. The normalized spacial score (nSPS) is 23.5. The van der Waals surface area contributed by atoms with E-state index < -0.39 is 9.84 Å². The molecule has 158 valence electrons. The number of nitrogens with zero attached hydrogens (tertiary/aromatic N) is 2. The lowest BCUT2D eigenvalue weighted by molar-refractivity contribution is -0.117. The van der Waals surface area contributed by atoms with Crippen molar-refractivity contribution in [2.75, 3.05) is 23.5 Å². The topological polar surface area (TPSA) is 76.0 Å². The number of aliphatic imine (C=N–C) groups is 1. The fourth-order valence-electron chi connectivity index (χ4n) is 3.76. The summed E-state index contributed by atoms with van der Waals surface area (Å²) in [5.41, 5.74) is 1.69. The van der Waals surface area contributed by atoms with Crippen LogP contribution in [0.3, 0.4) is 0 Å². The standard InChI is InChI=1S/C21H21ClN2O4S2/c1-28-18-9-8-15(22)11-16(18)24-17-12-30(26,27)13-19(17)29-21(24)23-20(25)10-7-14-5-3-2-4-6-14/h2-6,8-9,11,17,19H,7,10,12-13H2,1H3/t17-,19-/m0/s1. The SMILES string of the molecule is COc1ccc(Cl)cc1N1C(=NC(=O)CCc2ccccc2)S[C@H]2CS(=O)(=O)C[C@@H]21. The molecule has 6 nitrogen and oxygen atoms in total. The maximum absolute atomic E-state index is 12.6. The molecule has 9 heteroatoms. The van der Waals surface area contributed by atoms with Gasteiger partial charge in [-0.15, -0.1) is 0 Å². The molecule has 0 saturated carbocycles. The smallest absolute Gasteiger partial charge is 0.248 e. The Balaban J connectivity index is 1.64. The minimum absolute atomic E-state index is 0.0115. The van der Waals surface area contributed by atoms with Gasteiger partial charge in [-0.05, 0) is 30.2 Å². The number of thioether (sulfide) groups is 1. The average molecular weight is 465 g/mol. The summed E-state index contributed by atoms with van der Waals surface area (Å²) in [4.78, 5) is 18.8. The molecule has 0 unspecified atom stereocenters. The van der Waals surface area contributed by atoms with Crippen LogP contribution in [0.5, 0.6) is 5.75 Å². The van der Waals surface area contributed by atoms with Crippen molar-refractivity contribution in [1.29, 1.82) is 0 Å². The zero-order valence-electron chi connectivity index (χ0n) is 16.3. The van der Waals surface area contributed by atoms with Crippen LogP contribution in [0.25, 0.3) is 0 Å². The second-order valence-corrected chi connectivity index (χ2v) is 11.1. The molecule has 2 aliphatic rings. The fourth-order valence-corrected chi connectivity index (χ4v) is 7.85. The van der Waals surface area contributed by atoms with Crippen LogP contribution in [0.1, 0.15) is 12.0 Å². The number of carbonyl (C=O) groups excluding carboxylic acids is 1. The van der Waals surface area contributed by atoms with Crippen molar-refractivity contribution >= 4 is 50.0 Å². The van der Waals surface area contributed by atoms with Gasteiger partial charge >= 0.3 is 0 Å². The average Bonchev–Trinajstić information content (AvgIpc) is 3.17. The number of aryl methyl sites for hydroxylation is 1. The third-order valence-corrected chi connectivity index (χ3v) is 8.60. The molecule has 2 saturated heterocycles. The van der Waals surface area contributed by atoms with E-state index in [0.29, 0.717) is 28.0 Å². The van der Waals surface area contributed by atoms with E-state index in [1.807, 2.05) is 35.2 Å². The predicted molar refractivity (Wildman–Crippen MR) is 122 cm³/mol. The number of hydrogen-bond donors (Lipinski definition) is 0. The Morgan fingerprint density at radius 2 is 2.00 bits per heavy atom. The Labute approximate surface area is 185 Å². The van der Waals surface area contributed by atoms with Gasteiger partial charge in [0.15, 0.2) is 15.0 Å². The molecular weight excluding hydrogens is 444 g/mol. The molecule has 2 atom stereocenters. The van der Waals surface area contributed by atoms with Gasteiger partial charge in [0.25, 0.3) is 0 Å². The number of halogens is 1. The number of fused-ring (bicyclic) bond motifs is 1. The zero-order valence-corrected chi connectivity index (χ0v) is 18.7. The van der Waals surface area contributed by atoms with Crippen LogP contribution in [0.2, 0.25) is 5.02 Å². The first kappa shape index (κ1) is 21.2. The lowest BCUT2D eigenvalue weighted by Crippen LogP contribution is -2.38. The second-order valence-electron chi connectivity index (χ2n) is 7.26. The van der Waals surface area contributed by atoms with Crippen molar-refractivity contribution in [2.45, 2.75) is 24.1 Å². The number of sulfone groups is 1. The van der Waals surface area contributed by atoms with E-state index in [-0.39, 0.29) is 35.1 Å². The molecule has 0 N–H and O–H groups in total. The number of carbonyl (C=O) groups is 1. The van der Waals surface area contributed by atoms with Gasteiger partial charge in [0.2, 0.25) is 5.91 Å². The molecule has 1 amide bonds. The van der Waals surface area contributed by atoms with Crippen molar-refractivity contribution in [3.05, 3.63) is 59.1 Å². The summed E-state index contributed by atoms with van der Waals surface area (Å²) in [5.74, 6) is 0.390. The van der Waals surface area contributed by atoms with Crippen LogP contribution in [0.4, 0.5) is 5.69 Å². The van der Waals surface area contributed by atoms with E-state index in [9.17, 15) is 13.2 Å². The molecule has 2 fully saturated rings. The van der Waals surface area contributed by atoms with Gasteiger partial charge in [0, 0.05) is 16.7 Å². The van der Waals surface area contributed by atoms with Crippen LogP contribution in [-0.2, 0) is 21.1 Å². The van der Waals surface area contributed by atoms with Crippen LogP contribution in [-0.4, -0.2) is 49.4 Å². The van der Waals surface area contributed by atoms with Gasteiger partial charge in [0.1, 0.15) is 5.75 Å². The summed E-state index contributed by atoms with van der Waals surface area (Å²) < 4.78 is 29.9. The molecule has 2 heterocycles. The Kier molecular flexibility index (Phi) is 6.09. The Morgan fingerprint density at radius 1 is 1.23 bits per heavy atom. The first-order valence-electron chi connectivity index (χ1n) is 9.51. The summed E-state index contributed by atoms with van der Waals surface area (Å²) >= 11 is 7.55. The first-order valence-corrected chi connectivity index (χ1v) is 12.6. The van der Waals surface area contributed by atoms with Gasteiger partial charge in [0.05, 0.1) is 30.3 Å². The van der Waals surface area contributed by atoms with E-state index in [0.717, 1.165) is 5.56 Å². The number of methoxy groups -OCH3 is 1. The van der Waals surface area contributed by atoms with Gasteiger partial charge < -0.3 is 9.64 Å². The second kappa shape index (κ2) is 8.61. The molecule has 30 heavy (non-hydrogen) atoms. The van der Waals surface area contributed by atoms with Crippen LogP contribution in [0, 0.1) is 0 Å². The summed E-state index contributed by atoms with van der Waals surface area (Å²) in [5, 5.41) is 0.813. The third kappa shape index (κ3) is 4.50. The Hall–Kier alpha value is -2.03. The lowest BCUT2D eigenvalue weighted by Gasteiger charge is -2.26. The molecular formula is C21H21ClN2O4S2. The minimum Gasteiger partial charge on any atom is -0.495 e. The van der Waals surface area contributed by atoms with Crippen molar-refractivity contribution in [1.82, 2.24) is 0 Å². The van der Waals surface area contributed by atoms with E-state index in [2.05, 4.69) is 4.99 Å². The maximum atomic E-state index is 12.6. The summed E-state index contributed by atoms with van der Waals surface area (Å²) in [6, 6.07) is 14.6. The lowest BCUT2D eigenvalue weighted by atomic mass is 10.1. The molecule has 0 aromatic heterocycles. The Bertz CT molecular complexity index is 1090. The van der Waals surface area contributed by atoms with Gasteiger partial charge in [-0.25, -0.2) is 8.42 Å². The minimum atomic E-state index is -3.15. The van der Waals surface area contributed by atoms with Crippen LogP contribution < -0.4 is 9.64 Å². The summed E-state index contributed by atoms with van der Waals surface area (Å²) in [6.45, 7) is 0. The maximum Gasteiger partial charge on any atom is 0.248 e. The quantitative estimate of drug-likeness (QED) is 0.673. The number of anilines is 1. The van der Waals surface area contributed by atoms with E-state index >= 15 is 0 Å².